The molecule has 2 heteroatoms. The maximum Gasteiger partial charge on any atom is 0.0849 e. The number of halogens is 1. The minimum Gasteiger partial charge on any atom is -0.376 e. The monoisotopic (exact) mass is 266 g/mol. The Morgan fingerprint density at radius 2 is 1.94 bits per heavy atom. The summed E-state index contributed by atoms with van der Waals surface area (Å²) in [7, 11) is 0. The zero-order valence-corrected chi connectivity index (χ0v) is 12.3. The molecule has 0 radical (unpaired) electrons. The fourth-order valence-corrected chi connectivity index (χ4v) is 3.06. The molecule has 1 nitrogen and oxygen atoms in total. The molecule has 1 aromatic rings. The normalized spacial score (nSPS) is 25.6. The molecule has 0 spiro atoms. The molecule has 0 aromatic heterocycles. The van der Waals surface area contributed by atoms with Crippen LogP contribution in [-0.4, -0.2) is 12.7 Å². The van der Waals surface area contributed by atoms with Crippen LogP contribution in [0.4, 0.5) is 0 Å². The predicted molar refractivity (Wildman–Crippen MR) is 77.1 cm³/mol. The molecule has 1 saturated heterocycles. The Morgan fingerprint density at radius 3 is 2.44 bits per heavy atom. The second kappa shape index (κ2) is 6.08. The standard InChI is InChI=1S/C16H23ClO/c1-11(2)10-13-4-6-14(7-5-13)15(17)16-12(3)8-9-18-16/h4-7,11-12,15-16H,8-10H2,1-3H3. The quantitative estimate of drug-likeness (QED) is 0.725. The highest BCUT2D eigenvalue weighted by Gasteiger charge is 2.31. The predicted octanol–water partition coefficient (Wildman–Crippen LogP) is 4.59. The van der Waals surface area contributed by atoms with Gasteiger partial charge in [0.15, 0.2) is 0 Å². The molecule has 1 aliphatic rings. The van der Waals surface area contributed by atoms with E-state index >= 15 is 0 Å². The van der Waals surface area contributed by atoms with Crippen LogP contribution in [0.1, 0.15) is 43.7 Å². The van der Waals surface area contributed by atoms with Crippen molar-refractivity contribution in [1.29, 1.82) is 0 Å². The summed E-state index contributed by atoms with van der Waals surface area (Å²) in [5.41, 5.74) is 2.57. The number of hydrogen-bond acceptors (Lipinski definition) is 1. The van der Waals surface area contributed by atoms with Crippen LogP contribution in [0, 0.1) is 11.8 Å². The Hall–Kier alpha value is -0.530. The lowest BCUT2D eigenvalue weighted by Crippen LogP contribution is -2.19. The lowest BCUT2D eigenvalue weighted by Gasteiger charge is -2.21. The van der Waals surface area contributed by atoms with E-state index in [1.165, 1.54) is 11.1 Å². The third-order valence-electron chi connectivity index (χ3n) is 3.67. The van der Waals surface area contributed by atoms with E-state index < -0.39 is 0 Å². The highest BCUT2D eigenvalue weighted by Crippen LogP contribution is 2.35. The second-order valence-corrected chi connectivity index (χ2v) is 6.31. The first-order valence-electron chi connectivity index (χ1n) is 6.92. The topological polar surface area (TPSA) is 9.23 Å². The second-order valence-electron chi connectivity index (χ2n) is 5.84. The highest BCUT2D eigenvalue weighted by atomic mass is 35.5. The molecule has 3 atom stereocenters. The SMILES string of the molecule is CC(C)Cc1ccc(C(Cl)C2OCCC2C)cc1. The number of hydrogen-bond donors (Lipinski definition) is 0. The summed E-state index contributed by atoms with van der Waals surface area (Å²) in [6.07, 6.45) is 2.42. The van der Waals surface area contributed by atoms with Crippen LogP contribution in [0.2, 0.25) is 0 Å². The van der Waals surface area contributed by atoms with Crippen LogP contribution < -0.4 is 0 Å². The zero-order valence-electron chi connectivity index (χ0n) is 11.5. The number of alkyl halides is 1. The van der Waals surface area contributed by atoms with Gasteiger partial charge in [0.25, 0.3) is 0 Å². The minimum atomic E-state index is -0.0180. The lowest BCUT2D eigenvalue weighted by atomic mass is 9.95. The van der Waals surface area contributed by atoms with Crippen LogP contribution in [-0.2, 0) is 11.2 Å². The number of rotatable bonds is 4. The van der Waals surface area contributed by atoms with E-state index in [2.05, 4.69) is 45.0 Å². The van der Waals surface area contributed by atoms with Gasteiger partial charge in [0.1, 0.15) is 0 Å². The molecule has 3 unspecified atom stereocenters. The van der Waals surface area contributed by atoms with Crippen LogP contribution in [0.15, 0.2) is 24.3 Å². The Morgan fingerprint density at radius 1 is 1.28 bits per heavy atom. The minimum absolute atomic E-state index is 0.0180. The summed E-state index contributed by atoms with van der Waals surface area (Å²) >= 11 is 6.54. The Kier molecular flexibility index (Phi) is 4.69. The molecule has 1 fully saturated rings. The zero-order chi connectivity index (χ0) is 13.1. The summed E-state index contributed by atoms with van der Waals surface area (Å²) in [6.45, 7) is 7.55. The molecule has 1 aliphatic heterocycles. The van der Waals surface area contributed by atoms with E-state index in [1.54, 1.807) is 0 Å². The highest BCUT2D eigenvalue weighted by molar-refractivity contribution is 6.21. The third-order valence-corrected chi connectivity index (χ3v) is 4.18. The van der Waals surface area contributed by atoms with Crippen molar-refractivity contribution in [3.8, 4) is 0 Å². The van der Waals surface area contributed by atoms with Crippen LogP contribution >= 0.6 is 11.6 Å². The van der Waals surface area contributed by atoms with Gasteiger partial charge in [-0.25, -0.2) is 0 Å². The van der Waals surface area contributed by atoms with Crippen molar-refractivity contribution in [2.75, 3.05) is 6.61 Å². The van der Waals surface area contributed by atoms with Crippen molar-refractivity contribution in [3.05, 3.63) is 35.4 Å². The van der Waals surface area contributed by atoms with Crippen molar-refractivity contribution in [2.45, 2.75) is 45.1 Å². The van der Waals surface area contributed by atoms with Crippen molar-refractivity contribution in [2.24, 2.45) is 11.8 Å². The van der Waals surface area contributed by atoms with Gasteiger partial charge in [0, 0.05) is 6.61 Å². The molecule has 0 saturated carbocycles. The van der Waals surface area contributed by atoms with Crippen LogP contribution in [0.5, 0.6) is 0 Å². The molecule has 0 amide bonds. The molecular weight excluding hydrogens is 244 g/mol. The molecule has 18 heavy (non-hydrogen) atoms. The Balaban J connectivity index is 2.04. The van der Waals surface area contributed by atoms with Crippen molar-refractivity contribution in [3.63, 3.8) is 0 Å². The van der Waals surface area contributed by atoms with Crippen molar-refractivity contribution in [1.82, 2.24) is 0 Å². The van der Waals surface area contributed by atoms with Crippen LogP contribution in [0.3, 0.4) is 0 Å². The maximum absolute atomic E-state index is 6.54. The number of benzene rings is 1. The van der Waals surface area contributed by atoms with Gasteiger partial charge in [-0.3, -0.25) is 0 Å². The molecule has 100 valence electrons. The summed E-state index contributed by atoms with van der Waals surface area (Å²) in [5.74, 6) is 1.25. The molecule has 1 aromatic carbocycles. The van der Waals surface area contributed by atoms with Crippen molar-refractivity contribution < 1.29 is 4.74 Å². The van der Waals surface area contributed by atoms with E-state index in [-0.39, 0.29) is 11.5 Å². The Bertz CT molecular complexity index is 371. The van der Waals surface area contributed by atoms with Gasteiger partial charge in [0.05, 0.1) is 11.5 Å². The van der Waals surface area contributed by atoms with E-state index in [4.69, 9.17) is 16.3 Å². The molecule has 1 heterocycles. The van der Waals surface area contributed by atoms with Crippen molar-refractivity contribution >= 4 is 11.6 Å². The van der Waals surface area contributed by atoms with Gasteiger partial charge in [-0.15, -0.1) is 11.6 Å². The average molecular weight is 267 g/mol. The fraction of sp³-hybridized carbons (Fsp3) is 0.625. The molecule has 0 N–H and O–H groups in total. The summed E-state index contributed by atoms with van der Waals surface area (Å²) in [4.78, 5) is 0. The smallest absolute Gasteiger partial charge is 0.0849 e. The van der Waals surface area contributed by atoms with Gasteiger partial charge in [-0.2, -0.15) is 0 Å². The van der Waals surface area contributed by atoms with Gasteiger partial charge in [-0.05, 0) is 35.8 Å². The summed E-state index contributed by atoms with van der Waals surface area (Å²) < 4.78 is 5.74. The average Bonchev–Trinajstić information content (AvgIpc) is 2.75. The summed E-state index contributed by atoms with van der Waals surface area (Å²) in [6, 6.07) is 8.71. The molecule has 0 aliphatic carbocycles. The molecular formula is C16H23ClO. The first-order chi connectivity index (χ1) is 8.58. The van der Waals surface area contributed by atoms with E-state index in [0.717, 1.165) is 19.4 Å². The van der Waals surface area contributed by atoms with Gasteiger partial charge in [0.2, 0.25) is 0 Å². The molecule has 0 bridgehead atoms. The van der Waals surface area contributed by atoms with E-state index in [1.807, 2.05) is 0 Å². The van der Waals surface area contributed by atoms with Gasteiger partial charge >= 0.3 is 0 Å². The van der Waals surface area contributed by atoms with E-state index in [9.17, 15) is 0 Å². The van der Waals surface area contributed by atoms with Crippen LogP contribution in [0.25, 0.3) is 0 Å². The van der Waals surface area contributed by atoms with Gasteiger partial charge in [-0.1, -0.05) is 45.0 Å². The first kappa shape index (κ1) is 13.9. The van der Waals surface area contributed by atoms with E-state index in [0.29, 0.717) is 11.8 Å². The fourth-order valence-electron chi connectivity index (χ4n) is 2.59. The third kappa shape index (κ3) is 3.27. The largest absolute Gasteiger partial charge is 0.376 e. The maximum atomic E-state index is 6.54. The summed E-state index contributed by atoms with van der Waals surface area (Å²) in [5, 5.41) is -0.0180. The Labute approximate surface area is 115 Å². The first-order valence-corrected chi connectivity index (χ1v) is 7.36. The molecule has 2 rings (SSSR count). The number of ether oxygens (including phenoxy) is 1. The lowest BCUT2D eigenvalue weighted by molar-refractivity contribution is 0.0903. The van der Waals surface area contributed by atoms with Gasteiger partial charge < -0.3 is 4.74 Å².